The number of nitrogens with zero attached hydrogens (tertiary/aromatic N) is 6. The van der Waals surface area contributed by atoms with Crippen molar-refractivity contribution in [3.05, 3.63) is 71.0 Å². The summed E-state index contributed by atoms with van der Waals surface area (Å²) in [5, 5.41) is 15.5. The van der Waals surface area contributed by atoms with Crippen molar-refractivity contribution >= 4 is 28.2 Å². The Morgan fingerprint density at radius 2 is 1.86 bits per heavy atom. The van der Waals surface area contributed by atoms with Gasteiger partial charge in [-0.15, -0.1) is 0 Å². The van der Waals surface area contributed by atoms with E-state index in [0.717, 1.165) is 35.3 Å². The minimum Gasteiger partial charge on any atom is -0.465 e. The quantitative estimate of drug-likeness (QED) is 0.493. The van der Waals surface area contributed by atoms with Gasteiger partial charge in [0.15, 0.2) is 0 Å². The Balaban J connectivity index is 1.22. The highest BCUT2D eigenvalue weighted by Crippen LogP contribution is 2.51. The Bertz CT molecular complexity index is 1470. The molecule has 0 unspecified atom stereocenters. The van der Waals surface area contributed by atoms with E-state index in [1.165, 1.54) is 0 Å². The molecule has 178 valence electrons. The minimum atomic E-state index is -0.824. The fourth-order valence-electron chi connectivity index (χ4n) is 6.80. The lowest BCUT2D eigenvalue weighted by Gasteiger charge is -2.29. The zero-order valence-electron chi connectivity index (χ0n) is 19.2. The number of anilines is 1. The first-order chi connectivity index (χ1) is 17.1. The summed E-state index contributed by atoms with van der Waals surface area (Å²) in [7, 11) is 0. The Hall–Kier alpha value is -3.88. The molecular formula is C26H26N6O3. The maximum absolute atomic E-state index is 13.7. The summed E-state index contributed by atoms with van der Waals surface area (Å²) in [6, 6.07) is 12.4. The van der Waals surface area contributed by atoms with Gasteiger partial charge in [-0.3, -0.25) is 4.79 Å². The standard InChI is InChI=1S/C26H26N6O3/c33-25-24-16(12-27-31(25)11-9-17-13-29-10-2-1-6-23(29)28-17)4-3-5-22(24)32-20-7-8-21(32)19-15-30(26(34)35)14-18(19)20/h1-6,10,12-13,18-21H,7-9,11,14-15H2,(H,34,35)/t18-,19+,20-,21+. The molecule has 7 rings (SSSR count). The summed E-state index contributed by atoms with van der Waals surface area (Å²) >= 11 is 0. The van der Waals surface area contributed by atoms with Crippen LogP contribution in [0.1, 0.15) is 18.5 Å². The van der Waals surface area contributed by atoms with Gasteiger partial charge >= 0.3 is 6.09 Å². The zero-order chi connectivity index (χ0) is 23.7. The van der Waals surface area contributed by atoms with Crippen LogP contribution in [-0.4, -0.2) is 60.4 Å². The normalized spacial score (nSPS) is 25.1. The van der Waals surface area contributed by atoms with Crippen molar-refractivity contribution in [1.29, 1.82) is 0 Å². The zero-order valence-corrected chi connectivity index (χ0v) is 19.2. The number of fused-ring (bicyclic) bond motifs is 7. The molecule has 3 fully saturated rings. The molecule has 3 saturated heterocycles. The molecule has 2 bridgehead atoms. The molecule has 3 aromatic heterocycles. The molecule has 0 spiro atoms. The lowest BCUT2D eigenvalue weighted by molar-refractivity contribution is 0.152. The Morgan fingerprint density at radius 3 is 2.60 bits per heavy atom. The Kier molecular flexibility index (Phi) is 4.43. The number of amides is 1. The second-order valence-corrected chi connectivity index (χ2v) is 10.00. The Morgan fingerprint density at radius 1 is 1.06 bits per heavy atom. The number of hydrogen-bond acceptors (Lipinski definition) is 5. The summed E-state index contributed by atoms with van der Waals surface area (Å²) in [5.74, 6) is 0.665. The van der Waals surface area contributed by atoms with Gasteiger partial charge in [0.1, 0.15) is 5.65 Å². The van der Waals surface area contributed by atoms with Crippen LogP contribution < -0.4 is 10.5 Å². The van der Waals surface area contributed by atoms with Crippen LogP contribution >= 0.6 is 0 Å². The van der Waals surface area contributed by atoms with Gasteiger partial charge in [-0.2, -0.15) is 5.10 Å². The van der Waals surface area contributed by atoms with Crippen LogP contribution in [0.15, 0.2) is 59.8 Å². The van der Waals surface area contributed by atoms with Gasteiger partial charge in [0.25, 0.3) is 5.56 Å². The molecule has 0 radical (unpaired) electrons. The summed E-state index contributed by atoms with van der Waals surface area (Å²) in [4.78, 5) is 33.9. The molecule has 0 aliphatic carbocycles. The number of aryl methyl sites for hydroxylation is 2. The molecular weight excluding hydrogens is 444 g/mol. The number of carboxylic acid groups (broad SMARTS) is 1. The molecule has 3 aliphatic heterocycles. The summed E-state index contributed by atoms with van der Waals surface area (Å²) in [6.07, 6.45) is 7.63. The van der Waals surface area contributed by atoms with Gasteiger partial charge in [-0.05, 0) is 31.0 Å². The second kappa shape index (κ2) is 7.56. The molecule has 9 nitrogen and oxygen atoms in total. The number of rotatable bonds is 4. The molecule has 4 atom stereocenters. The van der Waals surface area contributed by atoms with E-state index in [1.807, 2.05) is 47.1 Å². The van der Waals surface area contributed by atoms with Crippen LogP contribution in [0.25, 0.3) is 16.4 Å². The SMILES string of the molecule is O=C(O)N1C[C@@H]2[C@H](C1)[C@@H]1CC[C@H]2N1c1cccc2cnn(CCc3cn4ccccc4n3)c(=O)c12. The van der Waals surface area contributed by atoms with E-state index < -0.39 is 6.09 Å². The molecule has 0 saturated carbocycles. The fourth-order valence-corrected chi connectivity index (χ4v) is 6.80. The van der Waals surface area contributed by atoms with Crippen molar-refractivity contribution in [1.82, 2.24) is 24.1 Å². The minimum absolute atomic E-state index is 0.0783. The number of carbonyl (C=O) groups is 1. The predicted molar refractivity (Wildman–Crippen MR) is 131 cm³/mol. The van der Waals surface area contributed by atoms with E-state index in [4.69, 9.17) is 0 Å². The van der Waals surface area contributed by atoms with Crippen LogP contribution in [0.3, 0.4) is 0 Å². The third kappa shape index (κ3) is 3.07. The highest BCUT2D eigenvalue weighted by Gasteiger charge is 2.57. The van der Waals surface area contributed by atoms with Gasteiger partial charge in [0.2, 0.25) is 0 Å². The second-order valence-electron chi connectivity index (χ2n) is 10.00. The summed E-state index contributed by atoms with van der Waals surface area (Å²) in [6.45, 7) is 1.64. The maximum atomic E-state index is 13.7. The molecule has 1 N–H and O–H groups in total. The first-order valence-corrected chi connectivity index (χ1v) is 12.3. The first kappa shape index (κ1) is 20.5. The molecule has 35 heavy (non-hydrogen) atoms. The van der Waals surface area contributed by atoms with Crippen molar-refractivity contribution in [3.63, 3.8) is 0 Å². The number of aromatic nitrogens is 4. The van der Waals surface area contributed by atoms with Crippen LogP contribution in [0.2, 0.25) is 0 Å². The summed E-state index contributed by atoms with van der Waals surface area (Å²) in [5.41, 5.74) is 2.71. The average molecular weight is 471 g/mol. The van der Waals surface area contributed by atoms with E-state index in [-0.39, 0.29) is 17.6 Å². The van der Waals surface area contributed by atoms with Gasteiger partial charge in [-0.25, -0.2) is 14.5 Å². The van der Waals surface area contributed by atoms with Crippen LogP contribution in [0.4, 0.5) is 10.5 Å². The molecule has 6 heterocycles. The molecule has 1 aromatic carbocycles. The number of likely N-dealkylation sites (tertiary alicyclic amines) is 1. The maximum Gasteiger partial charge on any atom is 0.407 e. The largest absolute Gasteiger partial charge is 0.465 e. The van der Waals surface area contributed by atoms with Gasteiger partial charge in [0.05, 0.1) is 29.5 Å². The van der Waals surface area contributed by atoms with Gasteiger partial charge in [-0.1, -0.05) is 18.2 Å². The van der Waals surface area contributed by atoms with E-state index in [0.29, 0.717) is 43.3 Å². The van der Waals surface area contributed by atoms with E-state index in [9.17, 15) is 14.7 Å². The smallest absolute Gasteiger partial charge is 0.407 e. The van der Waals surface area contributed by atoms with Crippen molar-refractivity contribution in [2.45, 2.75) is 37.9 Å². The highest BCUT2D eigenvalue weighted by molar-refractivity contribution is 5.93. The van der Waals surface area contributed by atoms with Crippen molar-refractivity contribution in [2.75, 3.05) is 18.0 Å². The lowest BCUT2D eigenvalue weighted by atomic mass is 9.82. The predicted octanol–water partition coefficient (Wildman–Crippen LogP) is 2.86. The summed E-state index contributed by atoms with van der Waals surface area (Å²) < 4.78 is 3.54. The number of imidazole rings is 1. The third-order valence-corrected chi connectivity index (χ3v) is 8.28. The van der Waals surface area contributed by atoms with Gasteiger partial charge < -0.3 is 19.3 Å². The molecule has 9 heteroatoms. The van der Waals surface area contributed by atoms with Crippen LogP contribution in [-0.2, 0) is 13.0 Å². The number of pyridine rings is 1. The van der Waals surface area contributed by atoms with E-state index >= 15 is 0 Å². The van der Waals surface area contributed by atoms with Gasteiger partial charge in [0, 0.05) is 61.2 Å². The molecule has 4 aromatic rings. The van der Waals surface area contributed by atoms with Crippen molar-refractivity contribution < 1.29 is 9.90 Å². The number of benzene rings is 1. The van der Waals surface area contributed by atoms with Crippen molar-refractivity contribution in [2.24, 2.45) is 11.8 Å². The third-order valence-electron chi connectivity index (χ3n) is 8.28. The van der Waals surface area contributed by atoms with E-state index in [1.54, 1.807) is 15.8 Å². The average Bonchev–Trinajstić information content (AvgIpc) is 3.63. The van der Waals surface area contributed by atoms with Crippen molar-refractivity contribution in [3.8, 4) is 0 Å². The van der Waals surface area contributed by atoms with Crippen LogP contribution in [0.5, 0.6) is 0 Å². The number of hydrogen-bond donors (Lipinski definition) is 1. The first-order valence-electron chi connectivity index (χ1n) is 12.3. The Labute approximate surface area is 201 Å². The monoisotopic (exact) mass is 470 g/mol. The van der Waals surface area contributed by atoms with E-state index in [2.05, 4.69) is 21.0 Å². The molecule has 3 aliphatic rings. The fraction of sp³-hybridized carbons (Fsp3) is 0.385. The highest BCUT2D eigenvalue weighted by atomic mass is 16.4. The van der Waals surface area contributed by atoms with Crippen LogP contribution in [0, 0.1) is 11.8 Å². The topological polar surface area (TPSA) is 96.0 Å². The molecule has 1 amide bonds. The lowest BCUT2D eigenvalue weighted by Crippen LogP contribution is -2.38.